The van der Waals surface area contributed by atoms with Crippen LogP contribution < -0.4 is 5.73 Å². The summed E-state index contributed by atoms with van der Waals surface area (Å²) >= 11 is 0. The van der Waals surface area contributed by atoms with Crippen molar-refractivity contribution in [3.63, 3.8) is 0 Å². The van der Waals surface area contributed by atoms with Crippen LogP contribution in [0.25, 0.3) is 0 Å². The average Bonchev–Trinajstić information content (AvgIpc) is 2.81. The van der Waals surface area contributed by atoms with Gasteiger partial charge in [-0.3, -0.25) is 0 Å². The SMILES string of the molecule is COC1(c2noc(C(C)N)n2)CCC(C)CC1. The van der Waals surface area contributed by atoms with E-state index in [1.165, 1.54) is 0 Å². The highest BCUT2D eigenvalue weighted by molar-refractivity contribution is 5.04. The normalized spacial score (nSPS) is 31.4. The van der Waals surface area contributed by atoms with Gasteiger partial charge < -0.3 is 15.0 Å². The lowest BCUT2D eigenvalue weighted by atomic mass is 9.79. The van der Waals surface area contributed by atoms with E-state index >= 15 is 0 Å². The molecule has 0 radical (unpaired) electrons. The van der Waals surface area contributed by atoms with Crippen LogP contribution in [0, 0.1) is 5.92 Å². The molecule has 1 unspecified atom stereocenters. The lowest BCUT2D eigenvalue weighted by molar-refractivity contribution is -0.0609. The van der Waals surface area contributed by atoms with Gasteiger partial charge in [-0.05, 0) is 38.5 Å². The molecule has 0 aliphatic heterocycles. The van der Waals surface area contributed by atoms with E-state index in [0.29, 0.717) is 11.7 Å². The van der Waals surface area contributed by atoms with Crippen molar-refractivity contribution in [3.8, 4) is 0 Å². The van der Waals surface area contributed by atoms with Gasteiger partial charge in [0.25, 0.3) is 0 Å². The Labute approximate surface area is 102 Å². The summed E-state index contributed by atoms with van der Waals surface area (Å²) in [6.45, 7) is 4.10. The largest absolute Gasteiger partial charge is 0.370 e. The second kappa shape index (κ2) is 4.74. The van der Waals surface area contributed by atoms with Crippen molar-refractivity contribution in [2.24, 2.45) is 11.7 Å². The topological polar surface area (TPSA) is 74.2 Å². The first-order valence-corrected chi connectivity index (χ1v) is 6.22. The zero-order valence-corrected chi connectivity index (χ0v) is 10.8. The fourth-order valence-corrected chi connectivity index (χ4v) is 2.35. The summed E-state index contributed by atoms with van der Waals surface area (Å²) in [5, 5.41) is 4.04. The van der Waals surface area contributed by atoms with Crippen LogP contribution in [0.2, 0.25) is 0 Å². The molecule has 0 aromatic carbocycles. The Morgan fingerprint density at radius 1 is 1.47 bits per heavy atom. The maximum Gasteiger partial charge on any atom is 0.243 e. The minimum atomic E-state index is -0.372. The minimum Gasteiger partial charge on any atom is -0.370 e. The van der Waals surface area contributed by atoms with Gasteiger partial charge in [0.2, 0.25) is 11.7 Å². The van der Waals surface area contributed by atoms with E-state index in [0.717, 1.165) is 31.6 Å². The first-order valence-electron chi connectivity index (χ1n) is 6.22. The summed E-state index contributed by atoms with van der Waals surface area (Å²) in [6, 6.07) is -0.229. The second-order valence-electron chi connectivity index (χ2n) is 5.13. The zero-order valence-electron chi connectivity index (χ0n) is 10.8. The molecule has 0 amide bonds. The van der Waals surface area contributed by atoms with Gasteiger partial charge in [0.15, 0.2) is 0 Å². The third-order valence-electron chi connectivity index (χ3n) is 3.71. The molecule has 5 nitrogen and oxygen atoms in total. The van der Waals surface area contributed by atoms with E-state index in [-0.39, 0.29) is 11.6 Å². The van der Waals surface area contributed by atoms with Crippen molar-refractivity contribution in [3.05, 3.63) is 11.7 Å². The Morgan fingerprint density at radius 2 is 2.12 bits per heavy atom. The summed E-state index contributed by atoms with van der Waals surface area (Å²) in [4.78, 5) is 4.37. The fourth-order valence-electron chi connectivity index (χ4n) is 2.35. The fraction of sp³-hybridized carbons (Fsp3) is 0.833. The molecule has 2 N–H and O–H groups in total. The molecule has 1 aliphatic rings. The zero-order chi connectivity index (χ0) is 12.5. The molecule has 5 heteroatoms. The third-order valence-corrected chi connectivity index (χ3v) is 3.71. The molecule has 0 saturated heterocycles. The first kappa shape index (κ1) is 12.5. The van der Waals surface area contributed by atoms with Crippen LogP contribution in [0.1, 0.15) is 57.3 Å². The lowest BCUT2D eigenvalue weighted by Crippen LogP contribution is -2.34. The van der Waals surface area contributed by atoms with Crippen molar-refractivity contribution in [1.82, 2.24) is 10.1 Å². The lowest BCUT2D eigenvalue weighted by Gasteiger charge is -2.35. The number of nitrogens with two attached hydrogens (primary N) is 1. The third kappa shape index (κ3) is 2.35. The van der Waals surface area contributed by atoms with Crippen LogP contribution in [0.5, 0.6) is 0 Å². The van der Waals surface area contributed by atoms with Crippen LogP contribution >= 0.6 is 0 Å². The maximum atomic E-state index is 5.73. The Morgan fingerprint density at radius 3 is 2.59 bits per heavy atom. The van der Waals surface area contributed by atoms with Gasteiger partial charge in [0.05, 0.1) is 6.04 Å². The van der Waals surface area contributed by atoms with Gasteiger partial charge >= 0.3 is 0 Å². The number of ether oxygens (including phenoxy) is 1. The second-order valence-corrected chi connectivity index (χ2v) is 5.13. The van der Waals surface area contributed by atoms with Gasteiger partial charge in [0.1, 0.15) is 5.60 Å². The highest BCUT2D eigenvalue weighted by Crippen LogP contribution is 2.40. The summed E-state index contributed by atoms with van der Waals surface area (Å²) < 4.78 is 10.8. The molecule has 1 saturated carbocycles. The molecule has 1 heterocycles. The van der Waals surface area contributed by atoms with Crippen molar-refractivity contribution in [2.45, 2.75) is 51.2 Å². The first-order chi connectivity index (χ1) is 8.07. The molecule has 2 rings (SSSR count). The molecule has 1 atom stereocenters. The van der Waals surface area contributed by atoms with Crippen LogP contribution in [0.15, 0.2) is 4.52 Å². The number of aromatic nitrogens is 2. The predicted octanol–water partition coefficient (Wildman–Crippen LogP) is 2.14. The Hall–Kier alpha value is -0.940. The number of nitrogens with zero attached hydrogens (tertiary/aromatic N) is 2. The van der Waals surface area contributed by atoms with Crippen molar-refractivity contribution in [1.29, 1.82) is 0 Å². The summed E-state index contributed by atoms with van der Waals surface area (Å²) in [5.41, 5.74) is 5.35. The van der Waals surface area contributed by atoms with Gasteiger partial charge in [0, 0.05) is 7.11 Å². The van der Waals surface area contributed by atoms with Gasteiger partial charge in [-0.15, -0.1) is 0 Å². The smallest absolute Gasteiger partial charge is 0.243 e. The number of rotatable bonds is 3. The standard InChI is InChI=1S/C12H21N3O2/c1-8-4-6-12(16-3,7-5-8)11-14-10(9(2)13)17-15-11/h8-9H,4-7,13H2,1-3H3. The Balaban J connectivity index is 2.22. The van der Waals surface area contributed by atoms with E-state index in [9.17, 15) is 0 Å². The molecule has 17 heavy (non-hydrogen) atoms. The highest BCUT2D eigenvalue weighted by Gasteiger charge is 2.40. The van der Waals surface area contributed by atoms with E-state index in [4.69, 9.17) is 15.0 Å². The molecular formula is C12H21N3O2. The molecule has 1 aromatic heterocycles. The van der Waals surface area contributed by atoms with Gasteiger partial charge in [-0.25, -0.2) is 0 Å². The Kier molecular flexibility index (Phi) is 3.49. The Bertz CT molecular complexity index is 368. The summed E-state index contributed by atoms with van der Waals surface area (Å²) in [5.74, 6) is 1.88. The molecule has 96 valence electrons. The maximum absolute atomic E-state index is 5.73. The van der Waals surface area contributed by atoms with E-state index in [2.05, 4.69) is 17.1 Å². The van der Waals surface area contributed by atoms with Crippen molar-refractivity contribution >= 4 is 0 Å². The summed E-state index contributed by atoms with van der Waals surface area (Å²) in [7, 11) is 1.72. The van der Waals surface area contributed by atoms with E-state index in [1.807, 2.05) is 6.92 Å². The molecule has 1 aliphatic carbocycles. The van der Waals surface area contributed by atoms with Crippen LogP contribution in [0.3, 0.4) is 0 Å². The minimum absolute atomic E-state index is 0.229. The quantitative estimate of drug-likeness (QED) is 0.874. The molecule has 0 bridgehead atoms. The van der Waals surface area contributed by atoms with E-state index < -0.39 is 0 Å². The highest BCUT2D eigenvalue weighted by atomic mass is 16.5. The monoisotopic (exact) mass is 239 g/mol. The number of hydrogen-bond donors (Lipinski definition) is 1. The van der Waals surface area contributed by atoms with Crippen LogP contribution in [-0.4, -0.2) is 17.3 Å². The number of methoxy groups -OCH3 is 1. The van der Waals surface area contributed by atoms with Crippen molar-refractivity contribution < 1.29 is 9.26 Å². The van der Waals surface area contributed by atoms with E-state index in [1.54, 1.807) is 7.11 Å². The van der Waals surface area contributed by atoms with Gasteiger partial charge in [-0.2, -0.15) is 4.98 Å². The van der Waals surface area contributed by atoms with Crippen LogP contribution in [-0.2, 0) is 10.3 Å². The predicted molar refractivity (Wildman–Crippen MR) is 63.2 cm³/mol. The molecule has 1 fully saturated rings. The van der Waals surface area contributed by atoms with Gasteiger partial charge in [-0.1, -0.05) is 12.1 Å². The van der Waals surface area contributed by atoms with Crippen molar-refractivity contribution in [2.75, 3.05) is 7.11 Å². The molecular weight excluding hydrogens is 218 g/mol. The molecule has 0 spiro atoms. The van der Waals surface area contributed by atoms with Crippen LogP contribution in [0.4, 0.5) is 0 Å². The number of hydrogen-bond acceptors (Lipinski definition) is 5. The summed E-state index contributed by atoms with van der Waals surface area (Å²) in [6.07, 6.45) is 4.16. The molecule has 1 aromatic rings. The average molecular weight is 239 g/mol.